The van der Waals surface area contributed by atoms with Crippen LogP contribution in [0.25, 0.3) is 0 Å². The maximum Gasteiger partial charge on any atom is 0.185 e. The maximum absolute atomic E-state index is 13.8. The number of ether oxygens (including phenoxy) is 3. The van der Waals surface area contributed by atoms with Crippen LogP contribution in [0.4, 0.5) is 0 Å². The molecular weight excluding hydrogens is 638 g/mol. The van der Waals surface area contributed by atoms with Crippen molar-refractivity contribution in [3.05, 3.63) is 23.8 Å². The Morgan fingerprint density at radius 3 is 2.60 bits per heavy atom. The van der Waals surface area contributed by atoms with Crippen LogP contribution in [0.1, 0.15) is 91.8 Å². The van der Waals surface area contributed by atoms with Crippen LogP contribution in [0.3, 0.4) is 0 Å². The number of aliphatic hydroxyl groups excluding tert-OH is 2. The van der Waals surface area contributed by atoms with Gasteiger partial charge in [0.25, 0.3) is 0 Å². The Hall–Kier alpha value is -1.90. The molecule has 286 valence electrons. The molecule has 2 aliphatic heterocycles. The molecule has 12 heteroatoms. The molecule has 0 spiro atoms. The van der Waals surface area contributed by atoms with Gasteiger partial charge in [-0.05, 0) is 105 Å². The number of fused-ring (bicyclic) bond motifs is 1. The quantitative estimate of drug-likeness (QED) is 0.143. The number of aliphatic hydroxyl groups is 2. The molecule has 12 nitrogen and oxygen atoms in total. The lowest BCUT2D eigenvalue weighted by molar-refractivity contribution is -0.295. The smallest absolute Gasteiger partial charge is 0.185 e. The van der Waals surface area contributed by atoms with Crippen molar-refractivity contribution in [3.63, 3.8) is 0 Å². The highest BCUT2D eigenvalue weighted by atomic mass is 16.7. The summed E-state index contributed by atoms with van der Waals surface area (Å²) in [6.07, 6.45) is 6.25. The topological polar surface area (TPSA) is 138 Å². The number of aromatic nitrogens is 2. The van der Waals surface area contributed by atoms with Crippen LogP contribution in [-0.2, 0) is 36.8 Å². The van der Waals surface area contributed by atoms with Crippen molar-refractivity contribution >= 4 is 12.1 Å². The van der Waals surface area contributed by atoms with E-state index in [2.05, 4.69) is 33.6 Å². The molecule has 9 atom stereocenters. The summed E-state index contributed by atoms with van der Waals surface area (Å²) in [5.74, 6) is -0.895. The average Bonchev–Trinajstić information content (AvgIpc) is 3.09. The Labute approximate surface area is 301 Å². The summed E-state index contributed by atoms with van der Waals surface area (Å²) >= 11 is 0. The fourth-order valence-corrected chi connectivity index (χ4v) is 7.99. The van der Waals surface area contributed by atoms with E-state index in [9.17, 15) is 19.8 Å². The lowest BCUT2D eigenvalue weighted by Crippen LogP contribution is -2.59. The van der Waals surface area contributed by atoms with E-state index >= 15 is 0 Å². The summed E-state index contributed by atoms with van der Waals surface area (Å²) < 4.78 is 19.1. The Balaban J connectivity index is 1.76. The van der Waals surface area contributed by atoms with E-state index in [1.54, 1.807) is 34.2 Å². The minimum atomic E-state index is -1.22. The lowest BCUT2D eigenvalue weighted by atomic mass is 9.74. The van der Waals surface area contributed by atoms with E-state index in [1.807, 2.05) is 39.0 Å². The van der Waals surface area contributed by atoms with E-state index < -0.39 is 35.4 Å². The SMILES string of the molecule is CCCN(C[C@H](C)C[C@@](C)(OC)[C@H](O[C@@H]1O[C@H](C)C[C@H](N(C)C)[C@H]1O)[C@@H](C)C(=O)C(C)(C)C=O)[C@@H](CO)CCCN1CCc2cncnc2C1. The van der Waals surface area contributed by atoms with Gasteiger partial charge in [0.15, 0.2) is 12.1 Å². The predicted molar refractivity (Wildman–Crippen MR) is 194 cm³/mol. The number of carbonyl (C=O) groups is 2. The van der Waals surface area contributed by atoms with Crippen LogP contribution >= 0.6 is 0 Å². The number of Topliss-reactive ketones (excluding diaryl/α,β-unsaturated/α-hetero) is 1. The summed E-state index contributed by atoms with van der Waals surface area (Å²) in [7, 11) is 5.47. The molecular formula is C38H67N5O7. The van der Waals surface area contributed by atoms with Gasteiger partial charge < -0.3 is 34.1 Å². The second-order valence-electron chi connectivity index (χ2n) is 15.9. The Bertz CT molecular complexity index is 1200. The van der Waals surface area contributed by atoms with Gasteiger partial charge in [-0.15, -0.1) is 0 Å². The van der Waals surface area contributed by atoms with Crippen LogP contribution in [-0.4, -0.2) is 143 Å². The molecule has 0 aromatic carbocycles. The highest BCUT2D eigenvalue weighted by molar-refractivity contribution is 5.98. The summed E-state index contributed by atoms with van der Waals surface area (Å²) in [6.45, 7) is 17.7. The van der Waals surface area contributed by atoms with Gasteiger partial charge in [0.2, 0.25) is 0 Å². The van der Waals surface area contributed by atoms with Crippen LogP contribution < -0.4 is 0 Å². The van der Waals surface area contributed by atoms with Gasteiger partial charge in [-0.25, -0.2) is 9.97 Å². The first kappa shape index (κ1) is 42.5. The van der Waals surface area contributed by atoms with Gasteiger partial charge in [-0.2, -0.15) is 0 Å². The number of hydrogen-bond donors (Lipinski definition) is 2. The number of hydrogen-bond acceptors (Lipinski definition) is 12. The molecule has 1 fully saturated rings. The minimum Gasteiger partial charge on any atom is -0.395 e. The Kier molecular flexibility index (Phi) is 16.4. The van der Waals surface area contributed by atoms with Gasteiger partial charge in [-0.3, -0.25) is 14.6 Å². The molecule has 0 aliphatic carbocycles. The average molecular weight is 706 g/mol. The molecule has 0 amide bonds. The molecule has 0 unspecified atom stereocenters. The van der Waals surface area contributed by atoms with Crippen molar-refractivity contribution in [1.82, 2.24) is 24.7 Å². The fraction of sp³-hybridized carbons (Fsp3) is 0.842. The summed E-state index contributed by atoms with van der Waals surface area (Å²) in [5, 5.41) is 21.9. The first-order chi connectivity index (χ1) is 23.6. The van der Waals surface area contributed by atoms with Crippen LogP contribution in [0.2, 0.25) is 0 Å². The van der Waals surface area contributed by atoms with E-state index in [0.717, 1.165) is 64.1 Å². The molecule has 0 radical (unpaired) electrons. The molecule has 1 aromatic rings. The standard InChI is InChI=1S/C38H67N5O7/c1-11-15-43(30(23-44)13-12-16-42-17-14-29-20-39-25-40-31(29)22-42)21-26(2)19-38(7,48-10)35(28(4)34(47)37(5,6)24-45)50-36-33(46)32(41(8)9)18-27(3)49-36/h20,24-28,30,32-33,35-36,44,46H,11-19,21-23H2,1-10H3/t26-,27-,28+,30-,32+,33-,35-,36+,38-/m1/s1. The van der Waals surface area contributed by atoms with Crippen molar-refractivity contribution < 1.29 is 34.0 Å². The van der Waals surface area contributed by atoms with Gasteiger partial charge in [0.05, 0.1) is 35.5 Å². The second kappa shape index (κ2) is 19.3. The third kappa shape index (κ3) is 11.1. The number of carbonyl (C=O) groups excluding carboxylic acids is 2. The van der Waals surface area contributed by atoms with Crippen LogP contribution in [0.15, 0.2) is 12.5 Å². The van der Waals surface area contributed by atoms with E-state index in [4.69, 9.17) is 14.2 Å². The third-order valence-corrected chi connectivity index (χ3v) is 10.9. The summed E-state index contributed by atoms with van der Waals surface area (Å²) in [5.41, 5.74) is 0.157. The van der Waals surface area contributed by atoms with Gasteiger partial charge >= 0.3 is 0 Å². The maximum atomic E-state index is 13.8. The summed E-state index contributed by atoms with van der Waals surface area (Å²) in [6, 6.07) is -0.172. The monoisotopic (exact) mass is 706 g/mol. The normalized spacial score (nSPS) is 25.5. The highest BCUT2D eigenvalue weighted by Gasteiger charge is 2.49. The van der Waals surface area contributed by atoms with Crippen molar-refractivity contribution in [2.45, 2.75) is 136 Å². The number of methoxy groups -OCH3 is 1. The lowest BCUT2D eigenvalue weighted by Gasteiger charge is -2.47. The molecule has 2 N–H and O–H groups in total. The van der Waals surface area contributed by atoms with E-state index in [1.165, 1.54) is 5.56 Å². The molecule has 2 aliphatic rings. The van der Waals surface area contributed by atoms with Crippen LogP contribution in [0.5, 0.6) is 0 Å². The minimum absolute atomic E-state index is 0.0155. The molecule has 3 rings (SSSR count). The molecule has 1 aromatic heterocycles. The number of ketones is 1. The zero-order valence-corrected chi connectivity index (χ0v) is 32.5. The van der Waals surface area contributed by atoms with Gasteiger partial charge in [-0.1, -0.05) is 20.8 Å². The number of aldehydes is 1. The molecule has 0 saturated carbocycles. The van der Waals surface area contributed by atoms with Gasteiger partial charge in [0.1, 0.15) is 18.7 Å². The second-order valence-corrected chi connectivity index (χ2v) is 15.9. The van der Waals surface area contributed by atoms with Crippen molar-refractivity contribution in [2.75, 3.05) is 54.0 Å². The van der Waals surface area contributed by atoms with E-state index in [-0.39, 0.29) is 36.5 Å². The fourth-order valence-electron chi connectivity index (χ4n) is 7.99. The zero-order valence-electron chi connectivity index (χ0n) is 32.5. The largest absolute Gasteiger partial charge is 0.395 e. The molecule has 50 heavy (non-hydrogen) atoms. The van der Waals surface area contributed by atoms with Crippen molar-refractivity contribution in [3.8, 4) is 0 Å². The van der Waals surface area contributed by atoms with E-state index in [0.29, 0.717) is 19.1 Å². The van der Waals surface area contributed by atoms with Crippen molar-refractivity contribution in [2.24, 2.45) is 17.3 Å². The molecule has 0 bridgehead atoms. The first-order valence-electron chi connectivity index (χ1n) is 18.7. The van der Waals surface area contributed by atoms with Crippen molar-refractivity contribution in [1.29, 1.82) is 0 Å². The summed E-state index contributed by atoms with van der Waals surface area (Å²) in [4.78, 5) is 41.2. The third-order valence-electron chi connectivity index (χ3n) is 10.9. The Morgan fingerprint density at radius 2 is 1.98 bits per heavy atom. The first-order valence-corrected chi connectivity index (χ1v) is 18.7. The highest BCUT2D eigenvalue weighted by Crippen LogP contribution is 2.37. The molecule has 3 heterocycles. The number of rotatable bonds is 21. The zero-order chi connectivity index (χ0) is 37.2. The predicted octanol–water partition coefficient (Wildman–Crippen LogP) is 3.36. The molecule has 1 saturated heterocycles. The van der Waals surface area contributed by atoms with Gasteiger partial charge in [0, 0.05) is 50.9 Å². The number of nitrogens with zero attached hydrogens (tertiary/aromatic N) is 5. The Morgan fingerprint density at radius 1 is 1.26 bits per heavy atom. The van der Waals surface area contributed by atoms with Crippen LogP contribution in [0, 0.1) is 17.3 Å². The number of likely N-dealkylation sites (N-methyl/N-ethyl adjacent to an activating group) is 1.